The Morgan fingerprint density at radius 3 is 1.19 bits per heavy atom. The van der Waals surface area contributed by atoms with Crippen molar-refractivity contribution in [1.82, 2.24) is 0 Å². The Balaban J connectivity index is 1.06. The summed E-state index contributed by atoms with van der Waals surface area (Å²) in [6.07, 6.45) is 1.85. The number of rotatable bonds is 6. The topological polar surface area (TPSA) is 6.48 Å². The maximum atomic E-state index is 2.48. The molecular formula is C68H46N2. The SMILES string of the molecule is c1ccc(-c2cc(-c3ccccc3)c3c4ccc(-c5ccc(N6c7ccccc7Cc7ccccc76)cc5)cc4c4cc(N5c6ccccc6Cc6ccccc65)ccc4c3c2-c2ccccc2)cc1. The molecule has 2 aliphatic heterocycles. The average molecular weight is 891 g/mol. The van der Waals surface area contributed by atoms with Gasteiger partial charge in [0.05, 0.1) is 0 Å². The minimum absolute atomic E-state index is 0.911. The number of benzene rings is 12. The van der Waals surface area contributed by atoms with Gasteiger partial charge in [-0.25, -0.2) is 0 Å². The molecule has 0 saturated carbocycles. The van der Waals surface area contributed by atoms with Crippen LogP contribution in [0.15, 0.2) is 255 Å². The summed E-state index contributed by atoms with van der Waals surface area (Å²) in [5.74, 6) is 0. The Kier molecular flexibility index (Phi) is 9.38. The minimum Gasteiger partial charge on any atom is -0.310 e. The molecule has 0 atom stereocenters. The van der Waals surface area contributed by atoms with Gasteiger partial charge in [0.2, 0.25) is 0 Å². The van der Waals surface area contributed by atoms with E-state index in [1.54, 1.807) is 0 Å². The summed E-state index contributed by atoms with van der Waals surface area (Å²) in [7, 11) is 0. The Bertz CT molecular complexity index is 3900. The van der Waals surface area contributed by atoms with E-state index in [1.165, 1.54) is 122 Å². The molecule has 12 aromatic carbocycles. The molecule has 0 N–H and O–H groups in total. The fourth-order valence-electron chi connectivity index (χ4n) is 11.6. The molecule has 0 bridgehead atoms. The van der Waals surface area contributed by atoms with Crippen molar-refractivity contribution in [1.29, 1.82) is 0 Å². The van der Waals surface area contributed by atoms with Crippen LogP contribution in [-0.2, 0) is 12.8 Å². The third-order valence-electron chi connectivity index (χ3n) is 14.8. The van der Waals surface area contributed by atoms with Crippen molar-refractivity contribution in [3.63, 3.8) is 0 Å². The van der Waals surface area contributed by atoms with E-state index < -0.39 is 0 Å². The second-order valence-corrected chi connectivity index (χ2v) is 18.8. The normalized spacial score (nSPS) is 12.7. The standard InChI is InChI=1S/C68H46N2/c1-4-18-46(19-5-1)58-44-59(47-20-6-2-7-21-47)67-56-38-34-49(45-32-35-54(36-33-45)69-62-28-14-10-24-50(62)40-51-25-11-15-29-63(51)69)42-60(56)61-43-55(37-39-57(61)68(67)66(58)48-22-8-3-9-23-48)70-64-30-16-12-26-52(64)41-53-27-13-17-31-65(53)70/h1-39,42-44H,40-41H2. The lowest BCUT2D eigenvalue weighted by atomic mass is 9.81. The van der Waals surface area contributed by atoms with Crippen molar-refractivity contribution in [2.45, 2.75) is 12.8 Å². The number of fused-ring (bicyclic) bond motifs is 10. The molecule has 2 heterocycles. The van der Waals surface area contributed by atoms with E-state index in [0.717, 1.165) is 24.2 Å². The zero-order chi connectivity index (χ0) is 46.1. The average Bonchev–Trinajstić information content (AvgIpc) is 3.44. The summed E-state index contributed by atoms with van der Waals surface area (Å²) < 4.78 is 0. The molecule has 0 unspecified atom stereocenters. The van der Waals surface area contributed by atoms with Crippen molar-refractivity contribution in [2.24, 2.45) is 0 Å². The Hall–Kier alpha value is -8.98. The Morgan fingerprint density at radius 2 is 0.643 bits per heavy atom. The van der Waals surface area contributed by atoms with Crippen LogP contribution >= 0.6 is 0 Å². The van der Waals surface area contributed by atoms with Crippen molar-refractivity contribution >= 4 is 66.4 Å². The van der Waals surface area contributed by atoms with Gasteiger partial charge in [0, 0.05) is 47.0 Å². The number of hydrogen-bond donors (Lipinski definition) is 0. The summed E-state index contributed by atoms with van der Waals surface area (Å²) in [6, 6.07) is 94.6. The predicted octanol–water partition coefficient (Wildman–Crippen LogP) is 18.6. The quantitative estimate of drug-likeness (QED) is 0.154. The van der Waals surface area contributed by atoms with Crippen LogP contribution in [0.5, 0.6) is 0 Å². The molecule has 0 spiro atoms. The molecule has 14 rings (SSSR count). The van der Waals surface area contributed by atoms with Crippen LogP contribution in [0.1, 0.15) is 22.3 Å². The molecule has 0 amide bonds. The van der Waals surface area contributed by atoms with Gasteiger partial charge in [-0.05, 0) is 160 Å². The molecule has 0 aromatic heterocycles. The highest BCUT2D eigenvalue weighted by Crippen LogP contribution is 2.52. The summed E-state index contributed by atoms with van der Waals surface area (Å²) in [4.78, 5) is 4.91. The lowest BCUT2D eigenvalue weighted by Crippen LogP contribution is -2.18. The zero-order valence-corrected chi connectivity index (χ0v) is 38.6. The van der Waals surface area contributed by atoms with E-state index in [1.807, 2.05) is 0 Å². The highest BCUT2D eigenvalue weighted by atomic mass is 15.2. The maximum Gasteiger partial charge on any atom is 0.0497 e. The first-order chi connectivity index (χ1) is 34.7. The molecule has 12 aromatic rings. The van der Waals surface area contributed by atoms with Crippen LogP contribution in [-0.4, -0.2) is 0 Å². The van der Waals surface area contributed by atoms with E-state index in [9.17, 15) is 0 Å². The van der Waals surface area contributed by atoms with Gasteiger partial charge in [-0.3, -0.25) is 0 Å². The third kappa shape index (κ3) is 6.49. The third-order valence-corrected chi connectivity index (χ3v) is 14.8. The number of hydrogen-bond acceptors (Lipinski definition) is 2. The number of nitrogens with zero attached hydrogens (tertiary/aromatic N) is 2. The van der Waals surface area contributed by atoms with Crippen molar-refractivity contribution < 1.29 is 0 Å². The fraction of sp³-hybridized carbons (Fsp3) is 0.0294. The lowest BCUT2D eigenvalue weighted by molar-refractivity contribution is 1.09. The predicted molar refractivity (Wildman–Crippen MR) is 296 cm³/mol. The van der Waals surface area contributed by atoms with Crippen LogP contribution in [0.3, 0.4) is 0 Å². The van der Waals surface area contributed by atoms with Gasteiger partial charge in [-0.1, -0.05) is 194 Å². The highest BCUT2D eigenvalue weighted by molar-refractivity contribution is 6.33. The Morgan fingerprint density at radius 1 is 0.243 bits per heavy atom. The van der Waals surface area contributed by atoms with Crippen molar-refractivity contribution in [3.05, 3.63) is 277 Å². The maximum absolute atomic E-state index is 2.48. The second-order valence-electron chi connectivity index (χ2n) is 18.8. The first kappa shape index (κ1) is 40.1. The highest BCUT2D eigenvalue weighted by Gasteiger charge is 2.27. The smallest absolute Gasteiger partial charge is 0.0497 e. The Labute approximate surface area is 408 Å². The zero-order valence-electron chi connectivity index (χ0n) is 38.6. The molecular weight excluding hydrogens is 845 g/mol. The molecule has 2 heteroatoms. The van der Waals surface area contributed by atoms with Gasteiger partial charge in [-0.2, -0.15) is 0 Å². The van der Waals surface area contributed by atoms with E-state index in [2.05, 4.69) is 265 Å². The van der Waals surface area contributed by atoms with Gasteiger partial charge in [0.1, 0.15) is 0 Å². The first-order valence-electron chi connectivity index (χ1n) is 24.4. The van der Waals surface area contributed by atoms with Crippen LogP contribution < -0.4 is 9.80 Å². The molecule has 2 aliphatic rings. The molecule has 2 nitrogen and oxygen atoms in total. The molecule has 70 heavy (non-hydrogen) atoms. The summed E-state index contributed by atoms with van der Waals surface area (Å²) >= 11 is 0. The number of para-hydroxylation sites is 4. The minimum atomic E-state index is 0.911. The molecule has 0 aliphatic carbocycles. The van der Waals surface area contributed by atoms with Gasteiger partial charge in [-0.15, -0.1) is 0 Å². The molecule has 328 valence electrons. The van der Waals surface area contributed by atoms with Crippen molar-refractivity contribution in [2.75, 3.05) is 9.80 Å². The van der Waals surface area contributed by atoms with E-state index in [0.29, 0.717) is 0 Å². The largest absolute Gasteiger partial charge is 0.310 e. The fourth-order valence-corrected chi connectivity index (χ4v) is 11.6. The molecule has 0 fully saturated rings. The van der Waals surface area contributed by atoms with E-state index in [-0.39, 0.29) is 0 Å². The van der Waals surface area contributed by atoms with Crippen LogP contribution in [0, 0.1) is 0 Å². The van der Waals surface area contributed by atoms with Crippen LogP contribution in [0.25, 0.3) is 76.8 Å². The van der Waals surface area contributed by atoms with Crippen LogP contribution in [0.4, 0.5) is 34.1 Å². The monoisotopic (exact) mass is 890 g/mol. The molecule has 0 radical (unpaired) electrons. The van der Waals surface area contributed by atoms with Gasteiger partial charge in [0.15, 0.2) is 0 Å². The van der Waals surface area contributed by atoms with Crippen LogP contribution in [0.2, 0.25) is 0 Å². The van der Waals surface area contributed by atoms with Crippen molar-refractivity contribution in [3.8, 4) is 44.5 Å². The summed E-state index contributed by atoms with van der Waals surface area (Å²) in [5, 5.41) is 7.44. The first-order valence-corrected chi connectivity index (χ1v) is 24.4. The van der Waals surface area contributed by atoms with Gasteiger partial charge >= 0.3 is 0 Å². The lowest BCUT2D eigenvalue weighted by Gasteiger charge is -2.34. The summed E-state index contributed by atoms with van der Waals surface area (Å²) in [6.45, 7) is 0. The van der Waals surface area contributed by atoms with E-state index >= 15 is 0 Å². The van der Waals surface area contributed by atoms with Gasteiger partial charge in [0.25, 0.3) is 0 Å². The van der Waals surface area contributed by atoms with E-state index in [4.69, 9.17) is 0 Å². The molecule has 0 saturated heterocycles. The summed E-state index contributed by atoms with van der Waals surface area (Å²) in [5.41, 5.74) is 22.2. The second kappa shape index (κ2) is 16.4. The number of anilines is 6. The van der Waals surface area contributed by atoms with Gasteiger partial charge < -0.3 is 9.80 Å².